The van der Waals surface area contributed by atoms with Gasteiger partial charge in [-0.2, -0.15) is 0 Å². The van der Waals surface area contributed by atoms with Crippen LogP contribution < -0.4 is 5.32 Å². The van der Waals surface area contributed by atoms with Crippen molar-refractivity contribution < 1.29 is 4.42 Å². The molecule has 2 aromatic heterocycles. The average Bonchev–Trinajstić information content (AvgIpc) is 3.27. The molecule has 0 bridgehead atoms. The van der Waals surface area contributed by atoms with Crippen LogP contribution >= 0.6 is 28.1 Å². The first-order valence-corrected chi connectivity index (χ1v) is 11.0. The molecule has 1 aromatic carbocycles. The van der Waals surface area contributed by atoms with Gasteiger partial charge < -0.3 is 14.6 Å². The monoisotopic (exact) mass is 469 g/mol. The van der Waals surface area contributed by atoms with E-state index in [9.17, 15) is 0 Å². The lowest BCUT2D eigenvalue weighted by Crippen LogP contribution is -2.32. The molecule has 150 valence electrons. The number of aryl methyl sites for hydroxylation is 1. The highest BCUT2D eigenvalue weighted by Crippen LogP contribution is 2.41. The number of thiocarbonyl (C=S) groups is 1. The van der Waals surface area contributed by atoms with Crippen molar-refractivity contribution in [1.29, 1.82) is 0 Å². The molecule has 0 aliphatic carbocycles. The van der Waals surface area contributed by atoms with E-state index in [0.717, 1.165) is 38.9 Å². The van der Waals surface area contributed by atoms with Crippen molar-refractivity contribution >= 4 is 33.3 Å². The van der Waals surface area contributed by atoms with Crippen LogP contribution in [0.2, 0.25) is 0 Å². The highest BCUT2D eigenvalue weighted by Gasteiger charge is 2.41. The summed E-state index contributed by atoms with van der Waals surface area (Å²) in [4.78, 5) is 6.80. The zero-order valence-corrected chi connectivity index (χ0v) is 19.1. The van der Waals surface area contributed by atoms with Crippen LogP contribution in [0.5, 0.6) is 0 Å². The molecule has 2 atom stereocenters. The van der Waals surface area contributed by atoms with Gasteiger partial charge in [-0.3, -0.25) is 4.98 Å². The Hall–Kier alpha value is -2.18. The SMILES string of the molecule is Cc1ccc(-c2ccc([C@@H]3[C@@H](c4ccccn4)NC(=S)N3CC(C)C)o2)c(Br)c1. The standard InChI is InChI=1S/C23H24BrN3OS/c1-14(2)13-27-22(21(26-23(27)29)18-6-4-5-11-25-18)20-10-9-19(28-20)16-8-7-15(3)12-17(16)24/h4-12,14,21-22H,13H2,1-3H3,(H,26,29)/t21-,22-/m1/s1. The van der Waals surface area contributed by atoms with Crippen molar-refractivity contribution in [2.45, 2.75) is 32.9 Å². The topological polar surface area (TPSA) is 41.3 Å². The fourth-order valence-electron chi connectivity index (χ4n) is 3.78. The van der Waals surface area contributed by atoms with Crippen molar-refractivity contribution in [3.8, 4) is 11.3 Å². The molecular formula is C23H24BrN3OS. The number of aromatic nitrogens is 1. The summed E-state index contributed by atoms with van der Waals surface area (Å²) >= 11 is 9.35. The molecule has 1 fully saturated rings. The van der Waals surface area contributed by atoms with Crippen LogP contribution in [0, 0.1) is 12.8 Å². The van der Waals surface area contributed by atoms with Crippen LogP contribution in [0.15, 0.2) is 63.6 Å². The minimum Gasteiger partial charge on any atom is -0.459 e. The van der Waals surface area contributed by atoms with Crippen molar-refractivity contribution in [3.05, 3.63) is 76.2 Å². The lowest BCUT2D eigenvalue weighted by Gasteiger charge is -2.27. The van der Waals surface area contributed by atoms with Crippen LogP contribution in [0.1, 0.15) is 42.9 Å². The number of hydrogen-bond donors (Lipinski definition) is 1. The van der Waals surface area contributed by atoms with E-state index in [1.54, 1.807) is 0 Å². The number of nitrogens with zero attached hydrogens (tertiary/aromatic N) is 2. The van der Waals surface area contributed by atoms with E-state index in [1.165, 1.54) is 5.56 Å². The van der Waals surface area contributed by atoms with Gasteiger partial charge in [-0.1, -0.05) is 41.9 Å². The average molecular weight is 470 g/mol. The molecule has 3 aromatic rings. The van der Waals surface area contributed by atoms with E-state index in [-0.39, 0.29) is 12.1 Å². The summed E-state index contributed by atoms with van der Waals surface area (Å²) < 4.78 is 7.41. The first-order chi connectivity index (χ1) is 13.9. The highest BCUT2D eigenvalue weighted by atomic mass is 79.9. The molecule has 0 radical (unpaired) electrons. The van der Waals surface area contributed by atoms with Crippen LogP contribution in [0.4, 0.5) is 0 Å². The van der Waals surface area contributed by atoms with Crippen LogP contribution in [-0.4, -0.2) is 21.5 Å². The molecule has 29 heavy (non-hydrogen) atoms. The van der Waals surface area contributed by atoms with Crippen LogP contribution in [-0.2, 0) is 0 Å². The van der Waals surface area contributed by atoms with Gasteiger partial charge in [0.25, 0.3) is 0 Å². The van der Waals surface area contributed by atoms with Crippen molar-refractivity contribution in [2.24, 2.45) is 5.92 Å². The van der Waals surface area contributed by atoms with E-state index in [4.69, 9.17) is 16.6 Å². The summed E-state index contributed by atoms with van der Waals surface area (Å²) in [5.41, 5.74) is 3.21. The summed E-state index contributed by atoms with van der Waals surface area (Å²) in [6.07, 6.45) is 1.82. The van der Waals surface area contributed by atoms with Gasteiger partial charge in [0.2, 0.25) is 0 Å². The summed E-state index contributed by atoms with van der Waals surface area (Å²) in [7, 11) is 0. The minimum atomic E-state index is -0.0529. The van der Waals surface area contributed by atoms with Gasteiger partial charge in [0, 0.05) is 22.8 Å². The van der Waals surface area contributed by atoms with E-state index >= 15 is 0 Å². The smallest absolute Gasteiger partial charge is 0.170 e. The maximum Gasteiger partial charge on any atom is 0.170 e. The van der Waals surface area contributed by atoms with Gasteiger partial charge >= 0.3 is 0 Å². The van der Waals surface area contributed by atoms with E-state index in [1.807, 2.05) is 30.5 Å². The Kier molecular flexibility index (Phi) is 5.74. The molecular weight excluding hydrogens is 446 g/mol. The third kappa shape index (κ3) is 4.09. The number of benzene rings is 1. The first-order valence-electron chi connectivity index (χ1n) is 9.78. The molecule has 1 N–H and O–H groups in total. The van der Waals surface area contributed by atoms with Crippen molar-refractivity contribution in [2.75, 3.05) is 6.54 Å². The van der Waals surface area contributed by atoms with E-state index in [2.05, 4.69) is 76.2 Å². The second-order valence-electron chi connectivity index (χ2n) is 7.86. The Morgan fingerprint density at radius 1 is 1.21 bits per heavy atom. The lowest BCUT2D eigenvalue weighted by atomic mass is 10.0. The second-order valence-corrected chi connectivity index (χ2v) is 9.10. The molecule has 1 aliphatic rings. The highest BCUT2D eigenvalue weighted by molar-refractivity contribution is 9.10. The maximum absolute atomic E-state index is 6.39. The van der Waals surface area contributed by atoms with Gasteiger partial charge in [-0.25, -0.2) is 0 Å². The van der Waals surface area contributed by atoms with Gasteiger partial charge in [-0.15, -0.1) is 0 Å². The summed E-state index contributed by atoms with van der Waals surface area (Å²) in [5, 5.41) is 4.21. The molecule has 4 rings (SSSR count). The van der Waals surface area contributed by atoms with Gasteiger partial charge in [0.15, 0.2) is 5.11 Å². The lowest BCUT2D eigenvalue weighted by molar-refractivity contribution is 0.253. The summed E-state index contributed by atoms with van der Waals surface area (Å²) in [6, 6.07) is 16.3. The largest absolute Gasteiger partial charge is 0.459 e. The van der Waals surface area contributed by atoms with E-state index < -0.39 is 0 Å². The number of nitrogens with one attached hydrogen (secondary N) is 1. The third-order valence-corrected chi connectivity index (χ3v) is 6.08. The predicted molar refractivity (Wildman–Crippen MR) is 124 cm³/mol. The van der Waals surface area contributed by atoms with Crippen molar-refractivity contribution in [1.82, 2.24) is 15.2 Å². The number of furan rings is 1. The minimum absolute atomic E-state index is 0.0437. The Labute approximate surface area is 185 Å². The molecule has 1 aliphatic heterocycles. The van der Waals surface area contributed by atoms with E-state index in [0.29, 0.717) is 5.92 Å². The number of hydrogen-bond acceptors (Lipinski definition) is 3. The normalized spacial score (nSPS) is 19.1. The molecule has 0 unspecified atom stereocenters. The third-order valence-electron chi connectivity index (χ3n) is 5.07. The van der Waals surface area contributed by atoms with Gasteiger partial charge in [-0.05, 0) is 67.0 Å². The number of halogens is 1. The van der Waals surface area contributed by atoms with Crippen molar-refractivity contribution in [3.63, 3.8) is 0 Å². The molecule has 3 heterocycles. The summed E-state index contributed by atoms with van der Waals surface area (Å²) in [5.74, 6) is 2.20. The fourth-order valence-corrected chi connectivity index (χ4v) is 4.78. The van der Waals surface area contributed by atoms with Gasteiger partial charge in [0.1, 0.15) is 17.6 Å². The van der Waals surface area contributed by atoms with Crippen LogP contribution in [0.25, 0.3) is 11.3 Å². The van der Waals surface area contributed by atoms with Gasteiger partial charge in [0.05, 0.1) is 11.7 Å². The zero-order valence-electron chi connectivity index (χ0n) is 16.7. The molecule has 0 saturated carbocycles. The molecule has 0 amide bonds. The molecule has 0 spiro atoms. The quantitative estimate of drug-likeness (QED) is 0.461. The van der Waals surface area contributed by atoms with Crippen LogP contribution in [0.3, 0.4) is 0 Å². The second kappa shape index (κ2) is 8.28. The Morgan fingerprint density at radius 3 is 2.72 bits per heavy atom. The Morgan fingerprint density at radius 2 is 2.03 bits per heavy atom. The fraction of sp³-hybridized carbons (Fsp3) is 0.304. The number of rotatable bonds is 5. The number of pyridine rings is 1. The Balaban J connectivity index is 1.74. The zero-order chi connectivity index (χ0) is 20.5. The Bertz CT molecular complexity index is 1020. The summed E-state index contributed by atoms with van der Waals surface area (Å²) in [6.45, 7) is 7.33. The first kappa shape index (κ1) is 20.1. The maximum atomic E-state index is 6.39. The molecule has 6 heteroatoms. The predicted octanol–water partition coefficient (Wildman–Crippen LogP) is 6.04. The molecule has 4 nitrogen and oxygen atoms in total. The molecule has 1 saturated heterocycles.